The van der Waals surface area contributed by atoms with E-state index in [0.717, 1.165) is 16.7 Å². The minimum absolute atomic E-state index is 0.260. The van der Waals surface area contributed by atoms with Crippen LogP contribution in [0.15, 0.2) is 60.9 Å². The van der Waals surface area contributed by atoms with E-state index in [-0.39, 0.29) is 11.9 Å². The van der Waals surface area contributed by atoms with Gasteiger partial charge in [-0.05, 0) is 47.9 Å². The van der Waals surface area contributed by atoms with Crippen molar-refractivity contribution < 1.29 is 4.79 Å². The lowest BCUT2D eigenvalue weighted by atomic mass is 9.95. The predicted octanol–water partition coefficient (Wildman–Crippen LogP) is 4.85. The lowest BCUT2D eigenvalue weighted by Gasteiger charge is -2.21. The van der Waals surface area contributed by atoms with Gasteiger partial charge in [-0.25, -0.2) is 0 Å². The lowest BCUT2D eigenvalue weighted by Crippen LogP contribution is -2.28. The van der Waals surface area contributed by atoms with Gasteiger partial charge in [0.05, 0.1) is 6.04 Å². The van der Waals surface area contributed by atoms with Gasteiger partial charge in [-0.2, -0.15) is 0 Å². The van der Waals surface area contributed by atoms with Crippen LogP contribution >= 0.6 is 23.2 Å². The Kier molecular flexibility index (Phi) is 5.46. The molecule has 0 fully saturated rings. The first-order valence-electron chi connectivity index (χ1n) is 6.69. The maximum absolute atomic E-state index is 11.9. The Morgan fingerprint density at radius 2 is 1.82 bits per heavy atom. The van der Waals surface area contributed by atoms with Crippen molar-refractivity contribution in [1.82, 2.24) is 5.32 Å². The summed E-state index contributed by atoms with van der Waals surface area (Å²) in [6, 6.07) is 12.7. The Bertz CT molecular complexity index is 731. The molecule has 1 atom stereocenters. The quantitative estimate of drug-likeness (QED) is 0.629. The van der Waals surface area contributed by atoms with Crippen molar-refractivity contribution in [3.05, 3.63) is 87.6 Å². The van der Waals surface area contributed by atoms with E-state index in [2.05, 4.69) is 17.6 Å². The molecule has 2 aromatic carbocycles. The zero-order valence-corrected chi connectivity index (χ0v) is 13.6. The van der Waals surface area contributed by atoms with Gasteiger partial charge in [0.2, 0.25) is 0 Å². The summed E-state index contributed by atoms with van der Waals surface area (Å²) >= 11 is 12.0. The molecule has 0 aromatic heterocycles. The van der Waals surface area contributed by atoms with Gasteiger partial charge in [-0.1, -0.05) is 48.0 Å². The van der Waals surface area contributed by atoms with Gasteiger partial charge in [0.1, 0.15) is 0 Å². The largest absolute Gasteiger partial charge is 0.341 e. The highest BCUT2D eigenvalue weighted by Gasteiger charge is 2.18. The number of amides is 1. The van der Waals surface area contributed by atoms with E-state index in [1.165, 1.54) is 6.08 Å². The third-order valence-electron chi connectivity index (χ3n) is 3.27. The van der Waals surface area contributed by atoms with Crippen LogP contribution in [-0.2, 0) is 4.79 Å². The van der Waals surface area contributed by atoms with Gasteiger partial charge in [0.25, 0.3) is 5.91 Å². The van der Waals surface area contributed by atoms with Crippen molar-refractivity contribution in [2.24, 2.45) is 0 Å². The van der Waals surface area contributed by atoms with E-state index in [9.17, 15) is 4.79 Å². The SMILES string of the molecule is C=C=CC(=O)NC(c1ccc(Cl)cc1)c1ccc(Cl)cc1C. The first kappa shape index (κ1) is 16.4. The standard InChI is InChI=1S/C18H15Cl2NO/c1-3-4-17(22)21-18(13-5-7-14(19)8-6-13)16-10-9-15(20)11-12(16)2/h4-11,18H,1H2,2H3,(H,21,22). The summed E-state index contributed by atoms with van der Waals surface area (Å²) in [5.74, 6) is -0.260. The Hall–Kier alpha value is -1.99. The van der Waals surface area contributed by atoms with Crippen LogP contribution in [0.2, 0.25) is 10.0 Å². The number of hydrogen-bond acceptors (Lipinski definition) is 1. The molecule has 0 heterocycles. The zero-order chi connectivity index (χ0) is 16.1. The molecule has 112 valence electrons. The third kappa shape index (κ3) is 4.02. The number of rotatable bonds is 4. The average Bonchev–Trinajstić information content (AvgIpc) is 2.47. The highest BCUT2D eigenvalue weighted by molar-refractivity contribution is 6.30. The highest BCUT2D eigenvalue weighted by Crippen LogP contribution is 2.27. The molecule has 4 heteroatoms. The molecule has 1 unspecified atom stereocenters. The molecule has 2 nitrogen and oxygen atoms in total. The maximum Gasteiger partial charge on any atom is 0.252 e. The normalized spacial score (nSPS) is 11.4. The van der Waals surface area contributed by atoms with Gasteiger partial charge in [-0.3, -0.25) is 4.79 Å². The van der Waals surface area contributed by atoms with E-state index < -0.39 is 0 Å². The zero-order valence-electron chi connectivity index (χ0n) is 12.1. The minimum Gasteiger partial charge on any atom is -0.341 e. The molecule has 0 aliphatic carbocycles. The Balaban J connectivity index is 2.46. The van der Waals surface area contributed by atoms with Crippen LogP contribution in [0.4, 0.5) is 0 Å². The number of hydrogen-bond donors (Lipinski definition) is 1. The second-order valence-electron chi connectivity index (χ2n) is 4.84. The maximum atomic E-state index is 11.9. The monoisotopic (exact) mass is 331 g/mol. The second kappa shape index (κ2) is 7.33. The van der Waals surface area contributed by atoms with Crippen molar-refractivity contribution in [3.8, 4) is 0 Å². The van der Waals surface area contributed by atoms with Crippen molar-refractivity contribution in [3.63, 3.8) is 0 Å². The summed E-state index contributed by atoms with van der Waals surface area (Å²) in [7, 11) is 0. The van der Waals surface area contributed by atoms with Crippen LogP contribution in [0.5, 0.6) is 0 Å². The Morgan fingerprint density at radius 3 is 2.41 bits per heavy atom. The molecule has 1 N–H and O–H groups in total. The van der Waals surface area contributed by atoms with Gasteiger partial charge >= 0.3 is 0 Å². The first-order valence-corrected chi connectivity index (χ1v) is 7.44. The molecule has 0 aliphatic heterocycles. The van der Waals surface area contributed by atoms with Crippen molar-refractivity contribution in [2.75, 3.05) is 0 Å². The lowest BCUT2D eigenvalue weighted by molar-refractivity contribution is -0.117. The Morgan fingerprint density at radius 1 is 1.18 bits per heavy atom. The number of benzene rings is 2. The van der Waals surface area contributed by atoms with Gasteiger partial charge in [0.15, 0.2) is 0 Å². The van der Waals surface area contributed by atoms with Crippen LogP contribution in [0, 0.1) is 6.92 Å². The van der Waals surface area contributed by atoms with E-state index >= 15 is 0 Å². The molecule has 0 radical (unpaired) electrons. The van der Waals surface area contributed by atoms with E-state index in [1.807, 2.05) is 37.3 Å². The molecule has 2 aromatic rings. The molecule has 22 heavy (non-hydrogen) atoms. The van der Waals surface area contributed by atoms with Crippen LogP contribution in [-0.4, -0.2) is 5.91 Å². The summed E-state index contributed by atoms with van der Waals surface area (Å²) in [6.45, 7) is 5.38. The third-order valence-corrected chi connectivity index (χ3v) is 3.75. The number of halogens is 2. The summed E-state index contributed by atoms with van der Waals surface area (Å²) in [6.07, 6.45) is 1.27. The summed E-state index contributed by atoms with van der Waals surface area (Å²) in [5.41, 5.74) is 5.38. The molecule has 0 spiro atoms. The topological polar surface area (TPSA) is 29.1 Å². The van der Waals surface area contributed by atoms with Crippen molar-refractivity contribution in [1.29, 1.82) is 0 Å². The molecular formula is C18H15Cl2NO. The number of nitrogens with one attached hydrogen (secondary N) is 1. The summed E-state index contributed by atoms with van der Waals surface area (Å²) < 4.78 is 0. The van der Waals surface area contributed by atoms with Crippen LogP contribution in [0.25, 0.3) is 0 Å². The molecule has 0 aliphatic rings. The highest BCUT2D eigenvalue weighted by atomic mass is 35.5. The molecule has 2 rings (SSSR count). The summed E-state index contributed by atoms with van der Waals surface area (Å²) in [4.78, 5) is 11.9. The Labute approximate surface area is 140 Å². The van der Waals surface area contributed by atoms with Crippen LogP contribution in [0.1, 0.15) is 22.7 Å². The van der Waals surface area contributed by atoms with Crippen molar-refractivity contribution in [2.45, 2.75) is 13.0 Å². The second-order valence-corrected chi connectivity index (χ2v) is 5.72. The minimum atomic E-state index is -0.299. The van der Waals surface area contributed by atoms with E-state index in [4.69, 9.17) is 23.2 Å². The van der Waals surface area contributed by atoms with E-state index in [1.54, 1.807) is 12.1 Å². The number of carbonyl (C=O) groups excluding carboxylic acids is 1. The molecule has 0 saturated carbocycles. The van der Waals surface area contributed by atoms with Gasteiger partial charge < -0.3 is 5.32 Å². The number of carbonyl (C=O) groups is 1. The fourth-order valence-corrected chi connectivity index (χ4v) is 2.59. The fourth-order valence-electron chi connectivity index (χ4n) is 2.24. The van der Waals surface area contributed by atoms with Gasteiger partial charge in [0, 0.05) is 16.1 Å². The fraction of sp³-hybridized carbons (Fsp3) is 0.111. The molecular weight excluding hydrogens is 317 g/mol. The first-order chi connectivity index (χ1) is 10.5. The van der Waals surface area contributed by atoms with Crippen LogP contribution < -0.4 is 5.32 Å². The van der Waals surface area contributed by atoms with Crippen molar-refractivity contribution >= 4 is 29.1 Å². The molecule has 0 saturated heterocycles. The number of aryl methyl sites for hydroxylation is 1. The van der Waals surface area contributed by atoms with Crippen LogP contribution in [0.3, 0.4) is 0 Å². The predicted molar refractivity (Wildman–Crippen MR) is 91.3 cm³/mol. The van der Waals surface area contributed by atoms with E-state index in [0.29, 0.717) is 10.0 Å². The molecule has 1 amide bonds. The van der Waals surface area contributed by atoms with Gasteiger partial charge in [-0.15, -0.1) is 5.73 Å². The average molecular weight is 332 g/mol. The molecule has 0 bridgehead atoms. The smallest absolute Gasteiger partial charge is 0.252 e. The summed E-state index contributed by atoms with van der Waals surface area (Å²) in [5, 5.41) is 4.25.